The summed E-state index contributed by atoms with van der Waals surface area (Å²) in [5.74, 6) is 0.270. The normalized spacial score (nSPS) is 15.2. The molecule has 0 spiro atoms. The second kappa shape index (κ2) is 8.57. The smallest absolute Gasteiger partial charge is 0.226 e. The van der Waals surface area contributed by atoms with E-state index in [9.17, 15) is 9.59 Å². The fourth-order valence-corrected chi connectivity index (χ4v) is 2.83. The molecule has 2 rings (SSSR count). The fourth-order valence-electron chi connectivity index (χ4n) is 2.83. The summed E-state index contributed by atoms with van der Waals surface area (Å²) >= 11 is 0. The van der Waals surface area contributed by atoms with Crippen molar-refractivity contribution in [2.75, 3.05) is 25.0 Å². The molecule has 4 heteroatoms. The molecule has 4 nitrogen and oxygen atoms in total. The molecule has 0 radical (unpaired) electrons. The Morgan fingerprint density at radius 2 is 1.64 bits per heavy atom. The molecular weight excluding hydrogens is 276 g/mol. The van der Waals surface area contributed by atoms with E-state index in [0.717, 1.165) is 31.6 Å². The Kier molecular flexibility index (Phi) is 6.44. The van der Waals surface area contributed by atoms with E-state index in [0.29, 0.717) is 19.3 Å². The SMILES string of the molecule is CN(C(=O)CCCC(=O)N1CCCCCC1)c1ccccc1. The van der Waals surface area contributed by atoms with E-state index in [1.165, 1.54) is 12.8 Å². The Morgan fingerprint density at radius 3 is 2.27 bits per heavy atom. The molecule has 0 aromatic heterocycles. The van der Waals surface area contributed by atoms with Crippen molar-refractivity contribution < 1.29 is 9.59 Å². The van der Waals surface area contributed by atoms with Crippen LogP contribution in [0.4, 0.5) is 5.69 Å². The number of anilines is 1. The molecule has 1 aliphatic rings. The maximum absolute atomic E-state index is 12.2. The van der Waals surface area contributed by atoms with Gasteiger partial charge in [0.05, 0.1) is 0 Å². The molecular formula is C18H26N2O2. The van der Waals surface area contributed by atoms with Crippen molar-refractivity contribution in [2.45, 2.75) is 44.9 Å². The lowest BCUT2D eigenvalue weighted by Gasteiger charge is -2.21. The fraction of sp³-hybridized carbons (Fsp3) is 0.556. The van der Waals surface area contributed by atoms with Crippen molar-refractivity contribution in [3.63, 3.8) is 0 Å². The predicted molar refractivity (Wildman–Crippen MR) is 88.8 cm³/mol. The summed E-state index contributed by atoms with van der Waals surface area (Å²) in [7, 11) is 1.79. The highest BCUT2D eigenvalue weighted by Gasteiger charge is 2.16. The molecule has 1 saturated heterocycles. The van der Waals surface area contributed by atoms with E-state index in [-0.39, 0.29) is 11.8 Å². The Hall–Kier alpha value is -1.84. The van der Waals surface area contributed by atoms with Gasteiger partial charge in [0.2, 0.25) is 11.8 Å². The number of likely N-dealkylation sites (tertiary alicyclic amines) is 1. The lowest BCUT2D eigenvalue weighted by Crippen LogP contribution is -2.32. The molecule has 120 valence electrons. The van der Waals surface area contributed by atoms with Gasteiger partial charge in [-0.3, -0.25) is 9.59 Å². The number of carbonyl (C=O) groups excluding carboxylic acids is 2. The van der Waals surface area contributed by atoms with Crippen LogP contribution in [0.3, 0.4) is 0 Å². The predicted octanol–water partition coefficient (Wildman–Crippen LogP) is 3.22. The number of carbonyl (C=O) groups is 2. The van der Waals surface area contributed by atoms with Crippen molar-refractivity contribution in [2.24, 2.45) is 0 Å². The van der Waals surface area contributed by atoms with Crippen molar-refractivity contribution in [3.8, 4) is 0 Å². The van der Waals surface area contributed by atoms with Crippen LogP contribution in [0.2, 0.25) is 0 Å². The quantitative estimate of drug-likeness (QED) is 0.838. The van der Waals surface area contributed by atoms with Crippen LogP contribution < -0.4 is 4.90 Å². The zero-order chi connectivity index (χ0) is 15.8. The van der Waals surface area contributed by atoms with Gasteiger partial charge in [0.25, 0.3) is 0 Å². The second-order valence-corrected chi connectivity index (χ2v) is 5.94. The standard InChI is InChI=1S/C18H26N2O2/c1-19(16-10-5-4-6-11-16)17(21)12-9-13-18(22)20-14-7-2-3-8-15-20/h4-6,10-11H,2-3,7-9,12-15H2,1H3. The van der Waals surface area contributed by atoms with Gasteiger partial charge in [0, 0.05) is 38.7 Å². The highest BCUT2D eigenvalue weighted by molar-refractivity contribution is 5.92. The van der Waals surface area contributed by atoms with Crippen LogP contribution in [-0.2, 0) is 9.59 Å². The van der Waals surface area contributed by atoms with Gasteiger partial charge in [0.1, 0.15) is 0 Å². The maximum Gasteiger partial charge on any atom is 0.226 e. The highest BCUT2D eigenvalue weighted by atomic mass is 16.2. The van der Waals surface area contributed by atoms with Crippen molar-refractivity contribution in [3.05, 3.63) is 30.3 Å². The molecule has 0 saturated carbocycles. The molecule has 1 aromatic carbocycles. The first-order valence-electron chi connectivity index (χ1n) is 8.28. The number of amides is 2. The van der Waals surface area contributed by atoms with E-state index in [1.54, 1.807) is 11.9 Å². The Balaban J connectivity index is 1.73. The Bertz CT molecular complexity index is 479. The molecule has 0 unspecified atom stereocenters. The monoisotopic (exact) mass is 302 g/mol. The summed E-state index contributed by atoms with van der Waals surface area (Å²) in [6.45, 7) is 1.77. The Morgan fingerprint density at radius 1 is 1.00 bits per heavy atom. The number of nitrogens with zero attached hydrogens (tertiary/aromatic N) is 2. The third-order valence-electron chi connectivity index (χ3n) is 4.26. The molecule has 0 atom stereocenters. The molecule has 0 aliphatic carbocycles. The summed E-state index contributed by atoms with van der Waals surface area (Å²) in [4.78, 5) is 28.0. The first-order chi connectivity index (χ1) is 10.7. The maximum atomic E-state index is 12.2. The molecule has 0 bridgehead atoms. The minimum atomic E-state index is 0.0647. The number of para-hydroxylation sites is 1. The largest absolute Gasteiger partial charge is 0.343 e. The molecule has 22 heavy (non-hydrogen) atoms. The van der Waals surface area contributed by atoms with Gasteiger partial charge in [-0.05, 0) is 31.4 Å². The van der Waals surface area contributed by atoms with E-state index in [4.69, 9.17) is 0 Å². The second-order valence-electron chi connectivity index (χ2n) is 5.94. The van der Waals surface area contributed by atoms with Crippen LogP contribution in [0.25, 0.3) is 0 Å². The molecule has 0 N–H and O–H groups in total. The molecule has 2 amide bonds. The van der Waals surface area contributed by atoms with Crippen molar-refractivity contribution >= 4 is 17.5 Å². The van der Waals surface area contributed by atoms with Crippen LogP contribution in [-0.4, -0.2) is 36.9 Å². The van der Waals surface area contributed by atoms with Crippen LogP contribution >= 0.6 is 0 Å². The molecule has 1 fully saturated rings. The zero-order valence-corrected chi connectivity index (χ0v) is 13.5. The van der Waals surface area contributed by atoms with Crippen LogP contribution in [0.1, 0.15) is 44.9 Å². The number of rotatable bonds is 5. The van der Waals surface area contributed by atoms with Gasteiger partial charge in [-0.2, -0.15) is 0 Å². The highest BCUT2D eigenvalue weighted by Crippen LogP contribution is 2.15. The minimum Gasteiger partial charge on any atom is -0.343 e. The van der Waals surface area contributed by atoms with Gasteiger partial charge >= 0.3 is 0 Å². The molecule has 1 aromatic rings. The lowest BCUT2D eigenvalue weighted by atomic mass is 10.2. The van der Waals surface area contributed by atoms with E-state index < -0.39 is 0 Å². The summed E-state index contributed by atoms with van der Waals surface area (Å²) in [6.07, 6.45) is 6.21. The first kappa shape index (κ1) is 16.5. The van der Waals surface area contributed by atoms with E-state index >= 15 is 0 Å². The number of benzene rings is 1. The van der Waals surface area contributed by atoms with E-state index in [2.05, 4.69) is 0 Å². The Labute approximate surface area is 133 Å². The topological polar surface area (TPSA) is 40.6 Å². The van der Waals surface area contributed by atoms with Crippen LogP contribution in [0, 0.1) is 0 Å². The van der Waals surface area contributed by atoms with Crippen LogP contribution in [0.5, 0.6) is 0 Å². The van der Waals surface area contributed by atoms with Crippen molar-refractivity contribution in [1.82, 2.24) is 4.90 Å². The van der Waals surface area contributed by atoms with Crippen LogP contribution in [0.15, 0.2) is 30.3 Å². The lowest BCUT2D eigenvalue weighted by molar-refractivity contribution is -0.131. The van der Waals surface area contributed by atoms with Gasteiger partial charge in [0.15, 0.2) is 0 Å². The molecule has 1 heterocycles. The van der Waals surface area contributed by atoms with Gasteiger partial charge in [-0.15, -0.1) is 0 Å². The van der Waals surface area contributed by atoms with Crippen molar-refractivity contribution in [1.29, 1.82) is 0 Å². The zero-order valence-electron chi connectivity index (χ0n) is 13.5. The third kappa shape index (κ3) is 4.86. The average molecular weight is 302 g/mol. The first-order valence-corrected chi connectivity index (χ1v) is 8.28. The van der Waals surface area contributed by atoms with Gasteiger partial charge in [-0.1, -0.05) is 31.0 Å². The van der Waals surface area contributed by atoms with E-state index in [1.807, 2.05) is 35.2 Å². The van der Waals surface area contributed by atoms with Gasteiger partial charge < -0.3 is 9.80 Å². The minimum absolute atomic E-state index is 0.0647. The molecule has 1 aliphatic heterocycles. The van der Waals surface area contributed by atoms with Gasteiger partial charge in [-0.25, -0.2) is 0 Å². The average Bonchev–Trinajstić information content (AvgIpc) is 2.84. The number of hydrogen-bond acceptors (Lipinski definition) is 2. The summed E-state index contributed by atoms with van der Waals surface area (Å²) < 4.78 is 0. The summed E-state index contributed by atoms with van der Waals surface area (Å²) in [5, 5.41) is 0. The third-order valence-corrected chi connectivity index (χ3v) is 4.26. The summed E-state index contributed by atoms with van der Waals surface area (Å²) in [6, 6.07) is 9.60. The number of hydrogen-bond donors (Lipinski definition) is 0. The summed E-state index contributed by atoms with van der Waals surface area (Å²) in [5.41, 5.74) is 0.895.